The Bertz CT molecular complexity index is 1240. The largest absolute Gasteiger partial charge is 0.368 e. The van der Waals surface area contributed by atoms with Gasteiger partial charge in [-0.25, -0.2) is 14.6 Å². The molecule has 0 saturated heterocycles. The molecule has 0 radical (unpaired) electrons. The molecule has 0 unspecified atom stereocenters. The number of benzene rings is 1. The highest BCUT2D eigenvalue weighted by atomic mass is 15.4. The Kier molecular flexibility index (Phi) is 5.15. The molecule has 1 aromatic carbocycles. The van der Waals surface area contributed by atoms with E-state index in [4.69, 9.17) is 16.7 Å². The van der Waals surface area contributed by atoms with Crippen molar-refractivity contribution in [3.8, 4) is 28.7 Å². The average molecular weight is 397 g/mol. The van der Waals surface area contributed by atoms with Crippen LogP contribution in [-0.4, -0.2) is 29.9 Å². The number of anilines is 1. The van der Waals surface area contributed by atoms with Gasteiger partial charge in [0.05, 0.1) is 47.1 Å². The smallest absolute Gasteiger partial charge is 0.221 e. The monoisotopic (exact) mass is 397 g/mol. The summed E-state index contributed by atoms with van der Waals surface area (Å²) in [5.41, 5.74) is 16.5. The lowest BCUT2D eigenvalue weighted by Crippen LogP contribution is -2.10. The molecular weight excluding hydrogens is 378 g/mol. The van der Waals surface area contributed by atoms with Gasteiger partial charge in [-0.05, 0) is 37.3 Å². The third-order valence-corrected chi connectivity index (χ3v) is 4.45. The van der Waals surface area contributed by atoms with E-state index in [1.165, 1.54) is 0 Å². The molecular formula is C21H19N9. The predicted octanol–water partition coefficient (Wildman–Crippen LogP) is 2.32. The fourth-order valence-corrected chi connectivity index (χ4v) is 2.99. The van der Waals surface area contributed by atoms with Gasteiger partial charge >= 0.3 is 0 Å². The van der Waals surface area contributed by atoms with E-state index in [2.05, 4.69) is 31.3 Å². The Labute approximate surface area is 173 Å². The average Bonchev–Trinajstić information content (AvgIpc) is 3.22. The van der Waals surface area contributed by atoms with Crippen LogP contribution in [0.1, 0.15) is 29.9 Å². The first-order valence-electron chi connectivity index (χ1n) is 9.29. The summed E-state index contributed by atoms with van der Waals surface area (Å²) in [7, 11) is 0. The number of nitrogens with two attached hydrogens (primary N) is 2. The van der Waals surface area contributed by atoms with E-state index in [1.807, 2.05) is 31.2 Å². The number of nitrogen functional groups attached to an aromatic ring is 1. The number of hydrogen-bond acceptors (Lipinski definition) is 8. The Balaban J connectivity index is 1.63. The predicted molar refractivity (Wildman–Crippen MR) is 112 cm³/mol. The first kappa shape index (κ1) is 19.2. The van der Waals surface area contributed by atoms with E-state index in [0.717, 1.165) is 17.0 Å². The van der Waals surface area contributed by atoms with Gasteiger partial charge in [0.25, 0.3) is 0 Å². The maximum absolute atomic E-state index is 9.13. The van der Waals surface area contributed by atoms with Crippen LogP contribution in [-0.2, 0) is 6.54 Å². The molecule has 0 bridgehead atoms. The van der Waals surface area contributed by atoms with Crippen molar-refractivity contribution < 1.29 is 0 Å². The van der Waals surface area contributed by atoms with Crippen LogP contribution in [0.2, 0.25) is 0 Å². The summed E-state index contributed by atoms with van der Waals surface area (Å²) in [6, 6.07) is 16.6. The van der Waals surface area contributed by atoms with Crippen LogP contribution < -0.4 is 11.5 Å². The van der Waals surface area contributed by atoms with Gasteiger partial charge in [0.15, 0.2) is 0 Å². The van der Waals surface area contributed by atoms with Crippen LogP contribution in [0.3, 0.4) is 0 Å². The Morgan fingerprint density at radius 1 is 1.03 bits per heavy atom. The minimum atomic E-state index is -0.141. The lowest BCUT2D eigenvalue weighted by molar-refractivity contribution is 0.632. The summed E-state index contributed by atoms with van der Waals surface area (Å²) in [4.78, 5) is 13.1. The van der Waals surface area contributed by atoms with Crippen molar-refractivity contribution in [1.29, 1.82) is 5.26 Å². The number of nitriles is 1. The lowest BCUT2D eigenvalue weighted by atomic mass is 10.1. The van der Waals surface area contributed by atoms with E-state index >= 15 is 0 Å². The quantitative estimate of drug-likeness (QED) is 0.522. The van der Waals surface area contributed by atoms with E-state index in [1.54, 1.807) is 35.1 Å². The zero-order chi connectivity index (χ0) is 21.1. The number of nitrogens with zero attached hydrogens (tertiary/aromatic N) is 7. The Hall–Kier alpha value is -4.16. The maximum Gasteiger partial charge on any atom is 0.221 e. The van der Waals surface area contributed by atoms with Crippen LogP contribution in [0.15, 0.2) is 54.7 Å². The highest BCUT2D eigenvalue weighted by molar-refractivity contribution is 5.68. The number of pyridine rings is 1. The molecule has 148 valence electrons. The lowest BCUT2D eigenvalue weighted by Gasteiger charge is -2.07. The van der Waals surface area contributed by atoms with E-state index in [0.29, 0.717) is 29.2 Å². The van der Waals surface area contributed by atoms with Gasteiger partial charge in [-0.1, -0.05) is 23.4 Å². The summed E-state index contributed by atoms with van der Waals surface area (Å²) in [6.45, 7) is 2.34. The summed E-state index contributed by atoms with van der Waals surface area (Å²) in [5.74, 6) is 0.116. The second-order valence-electron chi connectivity index (χ2n) is 6.83. The maximum atomic E-state index is 9.13. The van der Waals surface area contributed by atoms with Crippen molar-refractivity contribution in [3.05, 3.63) is 71.7 Å². The van der Waals surface area contributed by atoms with Gasteiger partial charge in [0, 0.05) is 11.6 Å². The van der Waals surface area contributed by atoms with E-state index in [9.17, 15) is 0 Å². The van der Waals surface area contributed by atoms with Gasteiger partial charge in [-0.2, -0.15) is 5.26 Å². The SMILES string of the molecule is C[C@@H](N)c1cccc(Cn2cc(-c3cc(-c4cccc(C#N)c4)nc(N)n3)nn2)n1. The van der Waals surface area contributed by atoms with Crippen molar-refractivity contribution in [1.82, 2.24) is 29.9 Å². The van der Waals surface area contributed by atoms with Crippen molar-refractivity contribution in [3.63, 3.8) is 0 Å². The van der Waals surface area contributed by atoms with Crippen molar-refractivity contribution >= 4 is 5.95 Å². The number of rotatable bonds is 5. The van der Waals surface area contributed by atoms with Crippen LogP contribution in [0.4, 0.5) is 5.95 Å². The van der Waals surface area contributed by atoms with Crippen LogP contribution >= 0.6 is 0 Å². The van der Waals surface area contributed by atoms with Gasteiger partial charge in [-0.3, -0.25) is 4.98 Å². The number of hydrogen-bond donors (Lipinski definition) is 2. The molecule has 0 aliphatic rings. The summed E-state index contributed by atoms with van der Waals surface area (Å²) < 4.78 is 1.68. The minimum Gasteiger partial charge on any atom is -0.368 e. The number of aromatic nitrogens is 6. The summed E-state index contributed by atoms with van der Waals surface area (Å²) in [6.07, 6.45) is 1.78. The molecule has 0 spiro atoms. The Morgan fingerprint density at radius 2 is 1.83 bits per heavy atom. The third kappa shape index (κ3) is 4.14. The van der Waals surface area contributed by atoms with Gasteiger partial charge in [0.2, 0.25) is 5.95 Å². The topological polar surface area (TPSA) is 145 Å². The van der Waals surface area contributed by atoms with Crippen molar-refractivity contribution in [2.75, 3.05) is 5.73 Å². The summed E-state index contributed by atoms with van der Waals surface area (Å²) >= 11 is 0. The van der Waals surface area contributed by atoms with Crippen LogP contribution in [0.25, 0.3) is 22.6 Å². The van der Waals surface area contributed by atoms with Crippen molar-refractivity contribution in [2.24, 2.45) is 5.73 Å². The molecule has 0 fully saturated rings. The second-order valence-corrected chi connectivity index (χ2v) is 6.83. The zero-order valence-corrected chi connectivity index (χ0v) is 16.3. The van der Waals surface area contributed by atoms with Crippen molar-refractivity contribution in [2.45, 2.75) is 19.5 Å². The van der Waals surface area contributed by atoms with E-state index in [-0.39, 0.29) is 12.0 Å². The first-order valence-corrected chi connectivity index (χ1v) is 9.29. The fraction of sp³-hybridized carbons (Fsp3) is 0.143. The molecule has 3 heterocycles. The molecule has 1 atom stereocenters. The molecule has 3 aromatic heterocycles. The molecule has 0 saturated carbocycles. The highest BCUT2D eigenvalue weighted by Crippen LogP contribution is 2.24. The minimum absolute atomic E-state index is 0.116. The Morgan fingerprint density at radius 3 is 2.63 bits per heavy atom. The molecule has 4 aromatic rings. The molecule has 9 heteroatoms. The first-order chi connectivity index (χ1) is 14.5. The van der Waals surface area contributed by atoms with Gasteiger partial charge in [0.1, 0.15) is 5.69 Å². The molecule has 4 rings (SSSR count). The van der Waals surface area contributed by atoms with Crippen LogP contribution in [0, 0.1) is 11.3 Å². The summed E-state index contributed by atoms with van der Waals surface area (Å²) in [5, 5.41) is 17.5. The van der Waals surface area contributed by atoms with Crippen LogP contribution in [0.5, 0.6) is 0 Å². The molecule has 30 heavy (non-hydrogen) atoms. The molecule has 4 N–H and O–H groups in total. The second kappa shape index (κ2) is 8.06. The zero-order valence-electron chi connectivity index (χ0n) is 16.3. The molecule has 0 amide bonds. The van der Waals surface area contributed by atoms with E-state index < -0.39 is 0 Å². The van der Waals surface area contributed by atoms with Gasteiger partial charge < -0.3 is 11.5 Å². The highest BCUT2D eigenvalue weighted by Gasteiger charge is 2.12. The molecule has 0 aliphatic heterocycles. The molecule has 0 aliphatic carbocycles. The standard InChI is InChI=1S/C21H19N9/c1-13(23)17-7-3-6-16(25-17)11-30-12-20(28-29-30)19-9-18(26-21(24)27-19)15-5-2-4-14(8-15)10-22/h2-9,12-13H,11,23H2,1H3,(H2,24,26,27)/t13-/m1/s1. The normalized spacial score (nSPS) is 11.8. The third-order valence-electron chi connectivity index (χ3n) is 4.45. The molecule has 9 nitrogen and oxygen atoms in total. The fourth-order valence-electron chi connectivity index (χ4n) is 2.99. The van der Waals surface area contributed by atoms with Gasteiger partial charge in [-0.15, -0.1) is 5.10 Å².